The lowest BCUT2D eigenvalue weighted by molar-refractivity contribution is -0.119. The molecule has 0 spiro atoms. The maximum Gasteiger partial charge on any atom is 0.248 e. The molecule has 4 nitrogen and oxygen atoms in total. The monoisotopic (exact) mass is 357 g/mol. The molecule has 1 unspecified atom stereocenters. The number of benzene rings is 2. The first-order valence-electron chi connectivity index (χ1n) is 7.46. The summed E-state index contributed by atoms with van der Waals surface area (Å²) in [6.07, 6.45) is 3.15. The summed E-state index contributed by atoms with van der Waals surface area (Å²) in [7, 11) is 0. The quantitative estimate of drug-likeness (QED) is 0.707. The molecule has 1 heterocycles. The molecule has 0 bridgehead atoms. The molecule has 122 valence electrons. The molecule has 1 aromatic heterocycles. The number of aromatic nitrogens is 2. The van der Waals surface area contributed by atoms with Gasteiger partial charge in [-0.1, -0.05) is 53.7 Å². The van der Waals surface area contributed by atoms with Crippen molar-refractivity contribution < 1.29 is 4.79 Å². The second-order valence-electron chi connectivity index (χ2n) is 5.22. The third kappa shape index (κ3) is 3.99. The first-order chi connectivity index (χ1) is 11.6. The maximum atomic E-state index is 12.5. The van der Waals surface area contributed by atoms with Gasteiger partial charge in [0.1, 0.15) is 6.04 Å². The first-order valence-corrected chi connectivity index (χ1v) is 8.65. The Kier molecular flexibility index (Phi) is 5.23. The predicted molar refractivity (Wildman–Crippen MR) is 97.6 cm³/mol. The van der Waals surface area contributed by atoms with Gasteiger partial charge in [0.25, 0.3) is 0 Å². The Balaban J connectivity index is 1.76. The van der Waals surface area contributed by atoms with E-state index in [-0.39, 0.29) is 5.91 Å². The van der Waals surface area contributed by atoms with E-state index < -0.39 is 6.04 Å². The Morgan fingerprint density at radius 2 is 1.88 bits per heavy atom. The summed E-state index contributed by atoms with van der Waals surface area (Å²) in [6, 6.07) is 17.3. The molecule has 3 aromatic rings. The van der Waals surface area contributed by atoms with Crippen LogP contribution in [0.4, 0.5) is 5.69 Å². The van der Waals surface area contributed by atoms with Crippen molar-refractivity contribution in [2.45, 2.75) is 22.8 Å². The van der Waals surface area contributed by atoms with Crippen LogP contribution in [0.5, 0.6) is 0 Å². The van der Waals surface area contributed by atoms with Crippen molar-refractivity contribution in [3.63, 3.8) is 0 Å². The van der Waals surface area contributed by atoms with E-state index in [1.165, 1.54) is 6.20 Å². The molecule has 0 saturated heterocycles. The molecule has 0 aliphatic rings. The first kappa shape index (κ1) is 16.6. The van der Waals surface area contributed by atoms with Gasteiger partial charge in [0.15, 0.2) is 0 Å². The van der Waals surface area contributed by atoms with E-state index in [1.54, 1.807) is 29.6 Å². The number of carbonyl (C=O) groups is 1. The third-order valence-electron chi connectivity index (χ3n) is 3.46. The number of hydrogen-bond acceptors (Lipinski definition) is 3. The summed E-state index contributed by atoms with van der Waals surface area (Å²) in [5.41, 5.74) is 0.779. The second-order valence-corrected chi connectivity index (χ2v) is 6.77. The molecule has 0 aliphatic heterocycles. The summed E-state index contributed by atoms with van der Waals surface area (Å²) < 4.78 is 1.55. The largest absolute Gasteiger partial charge is 0.323 e. The minimum Gasteiger partial charge on any atom is -0.323 e. The Morgan fingerprint density at radius 1 is 1.17 bits per heavy atom. The van der Waals surface area contributed by atoms with Gasteiger partial charge in [0.2, 0.25) is 5.91 Å². The van der Waals surface area contributed by atoms with Crippen molar-refractivity contribution in [3.8, 4) is 0 Å². The van der Waals surface area contributed by atoms with Crippen LogP contribution in [0.1, 0.15) is 13.0 Å². The molecule has 1 amide bonds. The van der Waals surface area contributed by atoms with Crippen molar-refractivity contribution in [2.75, 3.05) is 5.32 Å². The molecule has 2 aromatic carbocycles. The van der Waals surface area contributed by atoms with Crippen molar-refractivity contribution in [2.24, 2.45) is 0 Å². The average molecular weight is 358 g/mol. The molecule has 6 heteroatoms. The molecule has 1 atom stereocenters. The SMILES string of the molecule is CC(C(=O)Nc1ccccc1Sc1ccccc1)n1cc(Cl)cn1. The number of rotatable bonds is 5. The number of amides is 1. The van der Waals surface area contributed by atoms with E-state index >= 15 is 0 Å². The van der Waals surface area contributed by atoms with E-state index in [1.807, 2.05) is 54.6 Å². The number of nitrogens with zero attached hydrogens (tertiary/aromatic N) is 2. The molecule has 0 fully saturated rings. The molecular formula is C18H16ClN3OS. The van der Waals surface area contributed by atoms with Gasteiger partial charge in [-0.15, -0.1) is 0 Å². The zero-order valence-corrected chi connectivity index (χ0v) is 14.6. The Morgan fingerprint density at radius 3 is 2.58 bits per heavy atom. The van der Waals surface area contributed by atoms with Crippen molar-refractivity contribution >= 4 is 35.0 Å². The lowest BCUT2D eigenvalue weighted by atomic mass is 10.2. The minimum atomic E-state index is -0.452. The molecule has 3 rings (SSSR count). The smallest absolute Gasteiger partial charge is 0.248 e. The second kappa shape index (κ2) is 7.55. The predicted octanol–water partition coefficient (Wildman–Crippen LogP) is 4.89. The van der Waals surface area contributed by atoms with Crippen molar-refractivity contribution in [3.05, 3.63) is 72.0 Å². The highest BCUT2D eigenvalue weighted by molar-refractivity contribution is 7.99. The normalized spacial score (nSPS) is 11.9. The fourth-order valence-electron chi connectivity index (χ4n) is 2.16. The van der Waals surface area contributed by atoms with Crippen molar-refractivity contribution in [1.29, 1.82) is 0 Å². The van der Waals surface area contributed by atoms with E-state index in [9.17, 15) is 4.79 Å². The Bertz CT molecular complexity index is 835. The highest BCUT2D eigenvalue weighted by Crippen LogP contribution is 2.33. The van der Waals surface area contributed by atoms with E-state index in [2.05, 4.69) is 10.4 Å². The highest BCUT2D eigenvalue weighted by Gasteiger charge is 2.17. The van der Waals surface area contributed by atoms with Crippen LogP contribution < -0.4 is 5.32 Å². The summed E-state index contributed by atoms with van der Waals surface area (Å²) in [5.74, 6) is -0.143. The molecule has 0 radical (unpaired) electrons. The van der Waals surface area contributed by atoms with Gasteiger partial charge < -0.3 is 5.32 Å². The van der Waals surface area contributed by atoms with Crippen LogP contribution in [0.2, 0.25) is 5.02 Å². The van der Waals surface area contributed by atoms with Gasteiger partial charge in [0.05, 0.1) is 16.9 Å². The topological polar surface area (TPSA) is 46.9 Å². The lowest BCUT2D eigenvalue weighted by Gasteiger charge is -2.15. The van der Waals surface area contributed by atoms with Crippen LogP contribution in [0.3, 0.4) is 0 Å². The van der Waals surface area contributed by atoms with Gasteiger partial charge in [-0.3, -0.25) is 9.48 Å². The summed E-state index contributed by atoms with van der Waals surface area (Å²) in [6.45, 7) is 1.78. The number of carbonyl (C=O) groups excluding carboxylic acids is 1. The van der Waals surface area contributed by atoms with Gasteiger partial charge >= 0.3 is 0 Å². The van der Waals surface area contributed by atoms with Gasteiger partial charge in [-0.2, -0.15) is 5.10 Å². The zero-order chi connectivity index (χ0) is 16.9. The van der Waals surface area contributed by atoms with Crippen LogP contribution in [0.25, 0.3) is 0 Å². The number of anilines is 1. The Hall–Kier alpha value is -2.24. The number of halogens is 1. The summed E-state index contributed by atoms with van der Waals surface area (Å²) >= 11 is 7.48. The maximum absolute atomic E-state index is 12.5. The van der Waals surface area contributed by atoms with Crippen LogP contribution >= 0.6 is 23.4 Å². The average Bonchev–Trinajstić information content (AvgIpc) is 3.03. The van der Waals surface area contributed by atoms with Gasteiger partial charge in [-0.05, 0) is 31.2 Å². The summed E-state index contributed by atoms with van der Waals surface area (Å²) in [5, 5.41) is 7.57. The molecule has 1 N–H and O–H groups in total. The number of nitrogens with one attached hydrogen (secondary N) is 1. The third-order valence-corrected chi connectivity index (χ3v) is 4.74. The molecular weight excluding hydrogens is 342 g/mol. The molecule has 0 saturated carbocycles. The fourth-order valence-corrected chi connectivity index (χ4v) is 3.22. The highest BCUT2D eigenvalue weighted by atomic mass is 35.5. The van der Waals surface area contributed by atoms with Crippen molar-refractivity contribution in [1.82, 2.24) is 9.78 Å². The fraction of sp³-hybridized carbons (Fsp3) is 0.111. The molecule has 24 heavy (non-hydrogen) atoms. The van der Waals surface area contributed by atoms with Crippen LogP contribution in [-0.4, -0.2) is 15.7 Å². The van der Waals surface area contributed by atoms with E-state index in [0.29, 0.717) is 5.02 Å². The lowest BCUT2D eigenvalue weighted by Crippen LogP contribution is -2.24. The van der Waals surface area contributed by atoms with Crippen LogP contribution in [-0.2, 0) is 4.79 Å². The van der Waals surface area contributed by atoms with E-state index in [4.69, 9.17) is 11.6 Å². The summed E-state index contributed by atoms with van der Waals surface area (Å²) in [4.78, 5) is 14.6. The number of para-hydroxylation sites is 1. The standard InChI is InChI=1S/C18H16ClN3OS/c1-13(22-12-14(19)11-20-22)18(23)21-16-9-5-6-10-17(16)24-15-7-3-2-4-8-15/h2-13H,1H3,(H,21,23). The Labute approximate surface area is 149 Å². The van der Waals surface area contributed by atoms with Gasteiger partial charge in [-0.25, -0.2) is 0 Å². The number of hydrogen-bond donors (Lipinski definition) is 1. The van der Waals surface area contributed by atoms with Crippen LogP contribution in [0.15, 0.2) is 76.8 Å². The zero-order valence-electron chi connectivity index (χ0n) is 13.0. The van der Waals surface area contributed by atoms with Gasteiger partial charge in [0, 0.05) is 16.0 Å². The van der Waals surface area contributed by atoms with Crippen LogP contribution in [0, 0.1) is 0 Å². The van der Waals surface area contributed by atoms with E-state index in [0.717, 1.165) is 15.5 Å². The molecule has 0 aliphatic carbocycles. The minimum absolute atomic E-state index is 0.143.